The maximum Gasteiger partial charge on any atom is 0.104 e. The second-order valence-corrected chi connectivity index (χ2v) is 4.23. The van der Waals surface area contributed by atoms with Gasteiger partial charge in [0.05, 0.1) is 5.56 Å². The fraction of sp³-hybridized carbons (Fsp3) is 0.0833. The highest BCUT2D eigenvalue weighted by Gasteiger charge is 2.11. The predicted octanol–water partition coefficient (Wildman–Crippen LogP) is 3.18. The van der Waals surface area contributed by atoms with Crippen LogP contribution in [0.2, 0.25) is 0 Å². The normalized spacial score (nSPS) is 9.87. The molecule has 3 heteroatoms. The van der Waals surface area contributed by atoms with Gasteiger partial charge in [0.15, 0.2) is 0 Å². The van der Waals surface area contributed by atoms with Crippen LogP contribution in [0.4, 0.5) is 5.00 Å². The van der Waals surface area contributed by atoms with E-state index in [1.165, 1.54) is 11.3 Å². The summed E-state index contributed by atoms with van der Waals surface area (Å²) < 4.78 is 0. The van der Waals surface area contributed by atoms with Crippen molar-refractivity contribution >= 4 is 16.3 Å². The summed E-state index contributed by atoms with van der Waals surface area (Å²) in [7, 11) is 0. The standard InChI is InChI=1S/C12H10N2S/c1-8-4-2-3-5-9(8)11-7-15-12(14)10(11)6-13/h2-5,7H,14H2,1H3. The zero-order valence-corrected chi connectivity index (χ0v) is 9.14. The lowest BCUT2D eigenvalue weighted by atomic mass is 10.0. The largest absolute Gasteiger partial charge is 0.389 e. The maximum absolute atomic E-state index is 9.02. The summed E-state index contributed by atoms with van der Waals surface area (Å²) in [5.41, 5.74) is 9.51. The fourth-order valence-corrected chi connectivity index (χ4v) is 2.32. The first-order valence-corrected chi connectivity index (χ1v) is 5.45. The highest BCUT2D eigenvalue weighted by Crippen LogP contribution is 2.34. The number of thiophene rings is 1. The minimum Gasteiger partial charge on any atom is -0.389 e. The molecule has 0 saturated carbocycles. The zero-order valence-electron chi connectivity index (χ0n) is 8.32. The molecule has 0 unspecified atom stereocenters. The summed E-state index contributed by atoms with van der Waals surface area (Å²) >= 11 is 1.41. The molecule has 1 heterocycles. The molecule has 74 valence electrons. The summed E-state index contributed by atoms with van der Waals surface area (Å²) in [6.45, 7) is 2.03. The molecule has 2 rings (SSSR count). The monoisotopic (exact) mass is 214 g/mol. The number of nitrogens with two attached hydrogens (primary N) is 1. The Hall–Kier alpha value is -1.79. The number of nitrogen functional groups attached to an aromatic ring is 1. The first-order valence-electron chi connectivity index (χ1n) is 4.57. The second kappa shape index (κ2) is 3.76. The molecule has 0 atom stereocenters. The van der Waals surface area contributed by atoms with E-state index in [-0.39, 0.29) is 0 Å². The van der Waals surface area contributed by atoms with Crippen LogP contribution in [-0.2, 0) is 0 Å². The first-order chi connectivity index (χ1) is 7.24. The van der Waals surface area contributed by atoms with Gasteiger partial charge in [-0.25, -0.2) is 0 Å². The Labute approximate surface area is 92.6 Å². The molecule has 2 nitrogen and oxygen atoms in total. The van der Waals surface area contributed by atoms with E-state index < -0.39 is 0 Å². The SMILES string of the molecule is Cc1ccccc1-c1csc(N)c1C#N. The highest BCUT2D eigenvalue weighted by atomic mass is 32.1. The van der Waals surface area contributed by atoms with E-state index in [1.54, 1.807) is 0 Å². The predicted molar refractivity (Wildman–Crippen MR) is 63.6 cm³/mol. The Morgan fingerprint density at radius 3 is 2.67 bits per heavy atom. The smallest absolute Gasteiger partial charge is 0.104 e. The molecule has 0 spiro atoms. The average Bonchev–Trinajstić information content (AvgIpc) is 2.60. The Morgan fingerprint density at radius 1 is 1.27 bits per heavy atom. The van der Waals surface area contributed by atoms with Crippen molar-refractivity contribution < 1.29 is 0 Å². The molecular weight excluding hydrogens is 204 g/mol. The number of rotatable bonds is 1. The van der Waals surface area contributed by atoms with Crippen LogP contribution in [0.3, 0.4) is 0 Å². The Bertz CT molecular complexity index is 535. The molecule has 0 bridgehead atoms. The van der Waals surface area contributed by atoms with Crippen LogP contribution in [-0.4, -0.2) is 0 Å². The van der Waals surface area contributed by atoms with Gasteiger partial charge < -0.3 is 5.73 Å². The van der Waals surface area contributed by atoms with Gasteiger partial charge in [0, 0.05) is 10.9 Å². The van der Waals surface area contributed by atoms with E-state index in [0.717, 1.165) is 16.7 Å². The first kappa shape index (κ1) is 9.75. The summed E-state index contributed by atoms with van der Waals surface area (Å²) in [4.78, 5) is 0. The number of hydrogen-bond donors (Lipinski definition) is 1. The lowest BCUT2D eigenvalue weighted by Gasteiger charge is -2.03. The number of hydrogen-bond acceptors (Lipinski definition) is 3. The van der Waals surface area contributed by atoms with E-state index >= 15 is 0 Å². The summed E-state index contributed by atoms with van der Waals surface area (Å²) in [5.74, 6) is 0. The molecule has 2 N–H and O–H groups in total. The lowest BCUT2D eigenvalue weighted by Crippen LogP contribution is -1.87. The van der Waals surface area contributed by atoms with Gasteiger partial charge in [-0.1, -0.05) is 24.3 Å². The molecule has 1 aromatic carbocycles. The van der Waals surface area contributed by atoms with Crippen LogP contribution < -0.4 is 5.73 Å². The van der Waals surface area contributed by atoms with Crippen molar-refractivity contribution in [2.45, 2.75) is 6.92 Å². The minimum atomic E-state index is 0.592. The van der Waals surface area contributed by atoms with Crippen LogP contribution in [0, 0.1) is 18.3 Å². The Kier molecular flexibility index (Phi) is 2.44. The topological polar surface area (TPSA) is 49.8 Å². The van der Waals surface area contributed by atoms with Gasteiger partial charge in [0.25, 0.3) is 0 Å². The van der Waals surface area contributed by atoms with E-state index in [4.69, 9.17) is 11.0 Å². The quantitative estimate of drug-likeness (QED) is 0.792. The second-order valence-electron chi connectivity index (χ2n) is 3.32. The van der Waals surface area contributed by atoms with Crippen molar-refractivity contribution in [1.82, 2.24) is 0 Å². The van der Waals surface area contributed by atoms with Crippen molar-refractivity contribution in [2.75, 3.05) is 5.73 Å². The lowest BCUT2D eigenvalue weighted by molar-refractivity contribution is 1.45. The van der Waals surface area contributed by atoms with Gasteiger partial charge in [-0.15, -0.1) is 11.3 Å². The van der Waals surface area contributed by atoms with Gasteiger partial charge >= 0.3 is 0 Å². The number of nitriles is 1. The van der Waals surface area contributed by atoms with Gasteiger partial charge in [-0.05, 0) is 18.1 Å². The van der Waals surface area contributed by atoms with Gasteiger partial charge in [-0.3, -0.25) is 0 Å². The molecule has 0 aliphatic carbocycles. The summed E-state index contributed by atoms with van der Waals surface area (Å²) in [6.07, 6.45) is 0. The van der Waals surface area contributed by atoms with Gasteiger partial charge in [0.2, 0.25) is 0 Å². The molecular formula is C12H10N2S. The third kappa shape index (κ3) is 1.60. The van der Waals surface area contributed by atoms with Crippen LogP contribution >= 0.6 is 11.3 Å². The van der Waals surface area contributed by atoms with E-state index in [2.05, 4.69) is 6.07 Å². The Morgan fingerprint density at radius 2 is 2.00 bits per heavy atom. The molecule has 2 aromatic rings. The van der Waals surface area contributed by atoms with Gasteiger partial charge in [0.1, 0.15) is 11.1 Å². The highest BCUT2D eigenvalue weighted by molar-refractivity contribution is 7.14. The van der Waals surface area contributed by atoms with Gasteiger partial charge in [-0.2, -0.15) is 5.26 Å². The molecule has 0 aliphatic heterocycles. The number of aryl methyl sites for hydroxylation is 1. The van der Waals surface area contributed by atoms with Crippen LogP contribution in [0.15, 0.2) is 29.6 Å². The number of anilines is 1. The third-order valence-electron chi connectivity index (χ3n) is 2.37. The van der Waals surface area contributed by atoms with E-state index in [9.17, 15) is 0 Å². The fourth-order valence-electron chi connectivity index (χ4n) is 1.56. The van der Waals surface area contributed by atoms with Crippen molar-refractivity contribution in [3.63, 3.8) is 0 Å². The molecule has 1 aromatic heterocycles. The summed E-state index contributed by atoms with van der Waals surface area (Å²) in [6, 6.07) is 10.2. The third-order valence-corrected chi connectivity index (χ3v) is 3.18. The van der Waals surface area contributed by atoms with Crippen molar-refractivity contribution in [3.05, 3.63) is 40.8 Å². The zero-order chi connectivity index (χ0) is 10.8. The Balaban J connectivity index is 2.66. The molecule has 0 radical (unpaired) electrons. The molecule has 0 amide bonds. The van der Waals surface area contributed by atoms with Crippen LogP contribution in [0.1, 0.15) is 11.1 Å². The van der Waals surface area contributed by atoms with E-state index in [1.807, 2.05) is 36.6 Å². The van der Waals surface area contributed by atoms with Crippen molar-refractivity contribution in [1.29, 1.82) is 5.26 Å². The van der Waals surface area contributed by atoms with Crippen LogP contribution in [0.5, 0.6) is 0 Å². The molecule has 0 saturated heterocycles. The van der Waals surface area contributed by atoms with Crippen LogP contribution in [0.25, 0.3) is 11.1 Å². The number of benzene rings is 1. The van der Waals surface area contributed by atoms with E-state index in [0.29, 0.717) is 10.6 Å². The molecule has 0 aliphatic rings. The van der Waals surface area contributed by atoms with Crippen molar-refractivity contribution in [3.8, 4) is 17.2 Å². The maximum atomic E-state index is 9.02. The molecule has 0 fully saturated rings. The van der Waals surface area contributed by atoms with Crippen molar-refractivity contribution in [2.24, 2.45) is 0 Å². The number of nitrogens with zero attached hydrogens (tertiary/aromatic N) is 1. The molecule has 15 heavy (non-hydrogen) atoms. The minimum absolute atomic E-state index is 0.592. The average molecular weight is 214 g/mol. The summed E-state index contributed by atoms with van der Waals surface area (Å²) in [5, 5.41) is 11.6.